The maximum absolute atomic E-state index is 11.7. The summed E-state index contributed by atoms with van der Waals surface area (Å²) in [5, 5.41) is 5.95. The zero-order valence-corrected chi connectivity index (χ0v) is 15.0. The molecule has 5 nitrogen and oxygen atoms in total. The number of carbonyl (C=O) groups is 1. The molecule has 0 saturated carbocycles. The van der Waals surface area contributed by atoms with Gasteiger partial charge in [-0.3, -0.25) is 4.79 Å². The molecular weight excluding hydrogens is 314 g/mol. The van der Waals surface area contributed by atoms with E-state index in [-0.39, 0.29) is 11.4 Å². The van der Waals surface area contributed by atoms with Gasteiger partial charge in [0.2, 0.25) is 0 Å². The largest absolute Gasteiger partial charge is 0.489 e. The highest BCUT2D eigenvalue weighted by Crippen LogP contribution is 2.13. The normalized spacial score (nSPS) is 11.5. The van der Waals surface area contributed by atoms with Crippen molar-refractivity contribution in [3.8, 4) is 5.75 Å². The topological polar surface area (TPSA) is 67.3 Å². The molecule has 0 heterocycles. The van der Waals surface area contributed by atoms with Gasteiger partial charge in [-0.05, 0) is 56.2 Å². The van der Waals surface area contributed by atoms with E-state index in [2.05, 4.69) is 31.3 Å². The van der Waals surface area contributed by atoms with Crippen LogP contribution in [0.1, 0.15) is 31.9 Å². The number of quaternary nitrogens is 1. The molecule has 0 unspecified atom stereocenters. The molecule has 0 spiro atoms. The molecule has 0 radical (unpaired) electrons. The van der Waals surface area contributed by atoms with E-state index >= 15 is 0 Å². The van der Waals surface area contributed by atoms with Crippen molar-refractivity contribution in [1.29, 1.82) is 0 Å². The summed E-state index contributed by atoms with van der Waals surface area (Å²) in [5.74, 6) is 0.679. The summed E-state index contributed by atoms with van der Waals surface area (Å²) in [5.41, 5.74) is 4.58. The molecule has 5 heteroatoms. The number of nitrogens with zero attached hydrogens (tertiary/aromatic N) is 1. The molecule has 0 aliphatic heterocycles. The molecule has 0 aliphatic carbocycles. The smallest absolute Gasteiger partial charge is 0.295 e. The molecule has 0 atom stereocenters. The third-order valence-corrected chi connectivity index (χ3v) is 3.43. The van der Waals surface area contributed by atoms with Gasteiger partial charge < -0.3 is 10.1 Å². The Bertz CT molecular complexity index is 689. The first-order valence-electron chi connectivity index (χ1n) is 8.35. The second-order valence-electron chi connectivity index (χ2n) is 6.91. The van der Waals surface area contributed by atoms with Crippen LogP contribution in [0.25, 0.3) is 0 Å². The van der Waals surface area contributed by atoms with E-state index in [1.54, 1.807) is 6.21 Å². The van der Waals surface area contributed by atoms with Crippen molar-refractivity contribution in [3.05, 3.63) is 65.7 Å². The van der Waals surface area contributed by atoms with Crippen LogP contribution in [-0.2, 0) is 11.4 Å². The molecule has 0 aromatic heterocycles. The number of hydrazone groups is 1. The van der Waals surface area contributed by atoms with Crippen LogP contribution in [0.3, 0.4) is 0 Å². The molecule has 2 aromatic carbocycles. The van der Waals surface area contributed by atoms with Crippen LogP contribution in [0, 0.1) is 0 Å². The van der Waals surface area contributed by atoms with Gasteiger partial charge in [0.05, 0.1) is 11.8 Å². The van der Waals surface area contributed by atoms with E-state index in [1.807, 2.05) is 59.9 Å². The Morgan fingerprint density at radius 2 is 1.80 bits per heavy atom. The highest BCUT2D eigenvalue weighted by atomic mass is 16.5. The lowest BCUT2D eigenvalue weighted by Crippen LogP contribution is -2.96. The Hall–Kier alpha value is -2.66. The second kappa shape index (κ2) is 8.99. The summed E-state index contributed by atoms with van der Waals surface area (Å²) in [7, 11) is 0. The Labute approximate surface area is 149 Å². The highest BCUT2D eigenvalue weighted by molar-refractivity contribution is 5.82. The lowest BCUT2D eigenvalue weighted by atomic mass is 10.1. The first kappa shape index (κ1) is 18.7. The number of rotatable bonds is 7. The zero-order chi connectivity index (χ0) is 18.1. The SMILES string of the molecule is CC(C)(C)[NH2+]CC(=O)N/N=C\c1ccc(OCc2ccccc2)cc1. The molecule has 2 aromatic rings. The summed E-state index contributed by atoms with van der Waals surface area (Å²) >= 11 is 0. The van der Waals surface area contributed by atoms with Gasteiger partial charge >= 0.3 is 0 Å². The molecule has 132 valence electrons. The lowest BCUT2D eigenvalue weighted by Gasteiger charge is -2.15. The first-order valence-corrected chi connectivity index (χ1v) is 8.35. The van der Waals surface area contributed by atoms with Crippen LogP contribution in [0.5, 0.6) is 5.75 Å². The average molecular weight is 340 g/mol. The summed E-state index contributed by atoms with van der Waals surface area (Å²) in [6.45, 7) is 7.07. The molecule has 2 rings (SSSR count). The van der Waals surface area contributed by atoms with E-state index in [1.165, 1.54) is 0 Å². The van der Waals surface area contributed by atoms with Crippen molar-refractivity contribution in [2.75, 3.05) is 6.54 Å². The van der Waals surface area contributed by atoms with Crippen LogP contribution >= 0.6 is 0 Å². The van der Waals surface area contributed by atoms with Crippen LogP contribution in [0.4, 0.5) is 0 Å². The third-order valence-electron chi connectivity index (χ3n) is 3.43. The number of carbonyl (C=O) groups excluding carboxylic acids is 1. The number of ether oxygens (including phenoxy) is 1. The third kappa shape index (κ3) is 7.63. The zero-order valence-electron chi connectivity index (χ0n) is 15.0. The van der Waals surface area contributed by atoms with E-state index in [0.29, 0.717) is 13.2 Å². The Morgan fingerprint density at radius 1 is 1.12 bits per heavy atom. The molecule has 0 saturated heterocycles. The Kier molecular flexibility index (Phi) is 6.71. The number of hydrogen-bond donors (Lipinski definition) is 2. The van der Waals surface area contributed by atoms with Gasteiger partial charge in [-0.25, -0.2) is 5.43 Å². The fraction of sp³-hybridized carbons (Fsp3) is 0.300. The minimum atomic E-state index is -0.117. The molecule has 3 N–H and O–H groups in total. The molecule has 0 bridgehead atoms. The van der Waals surface area contributed by atoms with E-state index in [4.69, 9.17) is 4.74 Å². The van der Waals surface area contributed by atoms with Crippen molar-refractivity contribution in [1.82, 2.24) is 5.43 Å². The van der Waals surface area contributed by atoms with Gasteiger partial charge in [0.25, 0.3) is 5.91 Å². The maximum Gasteiger partial charge on any atom is 0.295 e. The standard InChI is InChI=1S/C20H25N3O2/c1-20(2,3)21-14-19(24)23-22-13-16-9-11-18(12-10-16)25-15-17-7-5-4-6-8-17/h4-13,21H,14-15H2,1-3H3,(H,23,24)/p+1/b22-13-. The van der Waals surface area contributed by atoms with Crippen molar-refractivity contribution in [2.45, 2.75) is 32.9 Å². The fourth-order valence-corrected chi connectivity index (χ4v) is 2.01. The second-order valence-corrected chi connectivity index (χ2v) is 6.91. The van der Waals surface area contributed by atoms with Crippen molar-refractivity contribution in [3.63, 3.8) is 0 Å². The monoisotopic (exact) mass is 340 g/mol. The van der Waals surface area contributed by atoms with Gasteiger partial charge in [0.15, 0.2) is 6.54 Å². The van der Waals surface area contributed by atoms with Crippen LogP contribution in [0.2, 0.25) is 0 Å². The minimum absolute atomic E-state index is 0.0244. The predicted molar refractivity (Wildman–Crippen MR) is 99.5 cm³/mol. The van der Waals surface area contributed by atoms with Crippen LogP contribution < -0.4 is 15.5 Å². The number of benzene rings is 2. The highest BCUT2D eigenvalue weighted by Gasteiger charge is 2.14. The van der Waals surface area contributed by atoms with Crippen molar-refractivity contribution in [2.24, 2.45) is 5.10 Å². The summed E-state index contributed by atoms with van der Waals surface area (Å²) in [6, 6.07) is 17.6. The van der Waals surface area contributed by atoms with Crippen molar-refractivity contribution < 1.29 is 14.8 Å². The summed E-state index contributed by atoms with van der Waals surface area (Å²) < 4.78 is 5.74. The number of nitrogens with one attached hydrogen (secondary N) is 1. The molecule has 0 fully saturated rings. The van der Waals surface area contributed by atoms with Crippen molar-refractivity contribution >= 4 is 12.1 Å². The number of hydrogen-bond acceptors (Lipinski definition) is 3. The quantitative estimate of drug-likeness (QED) is 0.598. The number of nitrogens with two attached hydrogens (primary N) is 1. The number of amides is 1. The van der Waals surface area contributed by atoms with E-state index in [0.717, 1.165) is 16.9 Å². The predicted octanol–water partition coefficient (Wildman–Crippen LogP) is 2.08. The fourth-order valence-electron chi connectivity index (χ4n) is 2.01. The van der Waals surface area contributed by atoms with Gasteiger partial charge in [-0.15, -0.1) is 0 Å². The molecule has 0 aliphatic rings. The summed E-state index contributed by atoms with van der Waals surface area (Å²) in [4.78, 5) is 11.7. The van der Waals surface area contributed by atoms with E-state index < -0.39 is 0 Å². The Balaban J connectivity index is 1.77. The maximum atomic E-state index is 11.7. The van der Waals surface area contributed by atoms with Gasteiger partial charge in [0.1, 0.15) is 12.4 Å². The first-order chi connectivity index (χ1) is 11.9. The van der Waals surface area contributed by atoms with Crippen LogP contribution in [0.15, 0.2) is 59.7 Å². The van der Waals surface area contributed by atoms with E-state index in [9.17, 15) is 4.79 Å². The average Bonchev–Trinajstić information content (AvgIpc) is 2.60. The molecule has 1 amide bonds. The Morgan fingerprint density at radius 3 is 2.44 bits per heavy atom. The van der Waals surface area contributed by atoms with Gasteiger partial charge in [-0.1, -0.05) is 30.3 Å². The molecular formula is C20H26N3O2+. The van der Waals surface area contributed by atoms with Gasteiger partial charge in [0, 0.05) is 0 Å². The minimum Gasteiger partial charge on any atom is -0.489 e. The van der Waals surface area contributed by atoms with Crippen LogP contribution in [-0.4, -0.2) is 24.2 Å². The summed E-state index contributed by atoms with van der Waals surface area (Å²) in [6.07, 6.45) is 1.62. The molecule has 25 heavy (non-hydrogen) atoms. The lowest BCUT2D eigenvalue weighted by molar-refractivity contribution is -0.707. The van der Waals surface area contributed by atoms with Gasteiger partial charge in [-0.2, -0.15) is 5.10 Å².